The average molecular weight is 2180 g/mol. The number of aliphatic carboxylic acids is 8. The van der Waals surface area contributed by atoms with Crippen LogP contribution in [-0.4, -0.2) is 467 Å². The van der Waals surface area contributed by atoms with Crippen LogP contribution >= 0.6 is 94.1 Å². The number of hydrogen-bond acceptors (Lipinski definition) is 56. The van der Waals surface area contributed by atoms with Crippen LogP contribution in [0.5, 0.6) is 0 Å². The first-order valence-corrected chi connectivity index (χ1v) is 49.6. The van der Waals surface area contributed by atoms with E-state index >= 15 is 0 Å². The third-order valence-electron chi connectivity index (χ3n) is 21.3. The van der Waals surface area contributed by atoms with Crippen LogP contribution in [-0.2, 0) is 114 Å². The predicted octanol–water partition coefficient (Wildman–Crippen LogP) is -42.3. The molecule has 30 heterocycles. The van der Waals surface area contributed by atoms with Gasteiger partial charge in [-0.25, -0.2) is 0 Å². The molecule has 0 aromatic rings. The zero-order valence-corrected chi connectivity index (χ0v) is 98.1. The topological polar surface area (TPSA) is 792 Å². The molecule has 30 saturated heterocycles. The summed E-state index contributed by atoms with van der Waals surface area (Å²) < 4.78 is 99.6. The maximum Gasteiger partial charge on any atom is 1.00 e. The summed E-state index contributed by atoms with van der Waals surface area (Å²) in [6.45, 7) is 0. The minimum absolute atomic E-state index is 0. The molecule has 30 aliphatic rings. The Labute approximate surface area is 990 Å². The van der Waals surface area contributed by atoms with Gasteiger partial charge in [0.2, 0.25) is 0 Å². The van der Waals surface area contributed by atoms with Gasteiger partial charge in [0.15, 0.2) is 50.3 Å². The Morgan fingerprint density at radius 2 is 0.250 bits per heavy atom. The van der Waals surface area contributed by atoms with Crippen molar-refractivity contribution >= 4 is 142 Å². The molecule has 30 fully saturated rings. The Balaban J connectivity index is 0.0000116. The van der Waals surface area contributed by atoms with Gasteiger partial charge in [-0.05, 0) is 97.4 Å². The average Bonchev–Trinajstić information content (AvgIpc) is 0.767. The largest absolute Gasteiger partial charge is 1.00 e. The number of ether oxygens (including phenoxy) is 16. The van der Waals surface area contributed by atoms with Crippen molar-refractivity contribution in [3.8, 4) is 0 Å². The van der Waals surface area contributed by atoms with E-state index in [1.54, 1.807) is 0 Å². The van der Waals surface area contributed by atoms with Crippen LogP contribution in [0.2, 0.25) is 0 Å². The molecular weight excluding hydrogens is 2070 g/mol. The molecular formula is C72H104Na8O48S8. The molecule has 0 spiro atoms. The number of rotatable bonds is 40. The first-order chi connectivity index (χ1) is 60.7. The fourth-order valence-corrected chi connectivity index (χ4v) is 22.5. The van der Waals surface area contributed by atoms with Crippen molar-refractivity contribution in [1.82, 2.24) is 0 Å². The van der Waals surface area contributed by atoms with E-state index in [4.69, 9.17) is 75.8 Å². The van der Waals surface area contributed by atoms with E-state index in [1.165, 1.54) is 0 Å². The van der Waals surface area contributed by atoms with Gasteiger partial charge in [0.1, 0.15) is 146 Å². The third kappa shape index (κ3) is 41.5. The van der Waals surface area contributed by atoms with Gasteiger partial charge in [-0.1, -0.05) is 0 Å². The zero-order chi connectivity index (χ0) is 93.7. The first kappa shape index (κ1) is 139. The van der Waals surface area contributed by atoms with Crippen LogP contribution in [0.1, 0.15) is 51.4 Å². The summed E-state index contributed by atoms with van der Waals surface area (Å²) in [5.41, 5.74) is 0. The smallest absolute Gasteiger partial charge is 0.550 e. The summed E-state index contributed by atoms with van der Waals surface area (Å²) in [5, 5.41) is 288. The summed E-state index contributed by atoms with van der Waals surface area (Å²) in [6.07, 6.45) is -88.6. The van der Waals surface area contributed by atoms with Gasteiger partial charge in [0, 0.05) is 93.8 Å². The Kier molecular flexibility index (Phi) is 71.6. The third-order valence-corrected chi connectivity index (χ3v) is 29.8. The molecule has 30 rings (SSSR count). The van der Waals surface area contributed by atoms with E-state index in [1.807, 2.05) is 0 Å². The summed E-state index contributed by atoms with van der Waals surface area (Å²) in [6, 6.07) is 0. The number of aliphatic hydroxyl groups excluding tert-OH is 16. The van der Waals surface area contributed by atoms with E-state index in [0.717, 1.165) is 94.1 Å². The SMILES string of the molecule is O=C([O-])CCSCC1OC2OC3C(CSCCC(=O)[O-])OC(OC4C(CSCCC(=O)[O-])OC(OC5C(CSCCC(=O)[O-])OC(OC6C(CSCCC(=O)[O-])OC(OC7C(CSCCC(=O)[O-])OC(OC8C(CSCCC(=O)[O-])OC(OC9C(CSCCC(=O)[O-])OC(OC1C(O)C2O)C(O)C9O)C(O)C8O)C(O)C7O)C(O)C6O)C(O)C5O)C(O)C4O)C(O)C3O.[Na+].[Na+].[Na+].[Na+].[Na+].[Na+].[Na+].[Na+]. The molecule has 0 aliphatic carbocycles. The normalized spacial score (nSPS) is 39.1. The van der Waals surface area contributed by atoms with E-state index in [9.17, 15) is 161 Å². The second-order valence-corrected chi connectivity index (χ2v) is 39.8. The molecule has 16 bridgehead atoms. The quantitative estimate of drug-likeness (QED) is 0.0200. The molecule has 136 heavy (non-hydrogen) atoms. The minimum atomic E-state index is -2.36. The summed E-state index contributed by atoms with van der Waals surface area (Å²) >= 11 is 6.55. The standard InChI is InChI=1S/C72H112O48S8.8Na/c73-33(74)1-9-121-17-25-57-41(89)49(97)65(105-25)114-58-26(18-122-10-2-34(75)76)107-67(51(99)43(58)91)116-60-28(20-124-12-4-36(79)80)109-69(53(101)45(60)93)118-62-30(22-126-14-6-38(83)84)111-71(55(103)47(62)95)120-64-32(24-128-16-8-40(87)88)112-72(56(104)48(64)96)119-63-31(23-127-15-7-39(85)86)110-70(54(102)46(63)94)117-61-29(21-125-13-5-37(81)82)108-68(52(100)44(61)92)115-59-27(19-123-11-3-35(77)78)106-66(113-57)50(98)42(59)90;;;;;;;;/h25-32,41-72,89-104H,1-24H2,(H,73,74)(H,75,76)(H,77,78)(H,79,80)(H,81,82)(H,83,84)(H,85,86)(H,87,88);;;;;;;;/q;8*+1/p-8. The Morgan fingerprint density at radius 3 is 0.331 bits per heavy atom. The van der Waals surface area contributed by atoms with Crippen molar-refractivity contribution in [3.05, 3.63) is 0 Å². The van der Waals surface area contributed by atoms with Gasteiger partial charge < -0.3 is 237 Å². The molecule has 40 atom stereocenters. The molecule has 16 N–H and O–H groups in total. The summed E-state index contributed by atoms with van der Waals surface area (Å²) in [4.78, 5) is 93.3. The van der Waals surface area contributed by atoms with Gasteiger partial charge in [-0.15, -0.1) is 0 Å². The molecule has 48 nitrogen and oxygen atoms in total. The van der Waals surface area contributed by atoms with E-state index < -0.39 is 391 Å². The molecule has 736 valence electrons. The predicted molar refractivity (Wildman–Crippen MR) is 420 cm³/mol. The molecule has 30 aliphatic heterocycles. The number of hydrogen-bond donors (Lipinski definition) is 16. The van der Waals surface area contributed by atoms with Gasteiger partial charge in [-0.3, -0.25) is 0 Å². The van der Waals surface area contributed by atoms with Gasteiger partial charge >= 0.3 is 236 Å². The molecule has 0 saturated carbocycles. The molecule has 0 aromatic heterocycles. The molecule has 0 radical (unpaired) electrons. The minimum Gasteiger partial charge on any atom is -0.550 e. The van der Waals surface area contributed by atoms with Gasteiger partial charge in [-0.2, -0.15) is 94.1 Å². The number of carboxylic acid groups (broad SMARTS) is 8. The van der Waals surface area contributed by atoms with Crippen LogP contribution in [0.15, 0.2) is 0 Å². The van der Waals surface area contributed by atoms with Crippen molar-refractivity contribution in [2.45, 2.75) is 297 Å². The zero-order valence-electron chi connectivity index (χ0n) is 75.5. The van der Waals surface area contributed by atoms with Crippen molar-refractivity contribution in [1.29, 1.82) is 0 Å². The van der Waals surface area contributed by atoms with Crippen LogP contribution in [0.25, 0.3) is 0 Å². The molecule has 0 aromatic carbocycles. The van der Waals surface area contributed by atoms with Crippen molar-refractivity contribution in [3.63, 3.8) is 0 Å². The maximum absolute atomic E-state index is 12.2. The summed E-state index contributed by atoms with van der Waals surface area (Å²) in [5.74, 6) is -17.6. The number of carbonyl (C=O) groups excluding carboxylic acids is 8. The van der Waals surface area contributed by atoms with Crippen molar-refractivity contribution in [2.75, 3.05) is 92.0 Å². The molecule has 64 heteroatoms. The van der Waals surface area contributed by atoms with Crippen LogP contribution < -0.4 is 277 Å². The second kappa shape index (κ2) is 69.9. The number of carbonyl (C=O) groups is 8. The Hall–Kier alpha value is 5.28. The van der Waals surface area contributed by atoms with Crippen molar-refractivity contribution in [2.24, 2.45) is 0 Å². The van der Waals surface area contributed by atoms with Crippen LogP contribution in [0.3, 0.4) is 0 Å². The first-order valence-electron chi connectivity index (χ1n) is 40.3. The van der Waals surface area contributed by atoms with Crippen LogP contribution in [0.4, 0.5) is 0 Å². The molecule has 0 amide bonds. The number of carboxylic acids is 8. The summed E-state index contributed by atoms with van der Waals surface area (Å²) in [7, 11) is 0. The monoisotopic (exact) mass is 2180 g/mol. The van der Waals surface area contributed by atoms with E-state index in [2.05, 4.69) is 0 Å². The second-order valence-electron chi connectivity index (χ2n) is 30.6. The van der Waals surface area contributed by atoms with Crippen molar-refractivity contribution < 1.29 is 473 Å². The van der Waals surface area contributed by atoms with Crippen LogP contribution in [0, 0.1) is 0 Å². The maximum atomic E-state index is 12.2. The van der Waals surface area contributed by atoms with E-state index in [0.29, 0.717) is 0 Å². The van der Waals surface area contributed by atoms with E-state index in [-0.39, 0.29) is 282 Å². The fraction of sp³-hybridized carbons (Fsp3) is 0.889. The molecule has 40 unspecified atom stereocenters. The van der Waals surface area contributed by atoms with Gasteiger partial charge in [0.25, 0.3) is 0 Å². The Bertz CT molecular complexity index is 2870. The fourth-order valence-electron chi connectivity index (χ4n) is 14.6. The number of aliphatic hydroxyl groups is 16. The Morgan fingerprint density at radius 1 is 0.162 bits per heavy atom. The van der Waals surface area contributed by atoms with Gasteiger partial charge in [0.05, 0.1) is 48.8 Å². The number of thioether (sulfide) groups is 8.